The molecule has 3 aliphatic carbocycles. The molecule has 1 saturated carbocycles. The van der Waals surface area contributed by atoms with Crippen molar-refractivity contribution in [1.29, 1.82) is 0 Å². The number of carbonyl (C=O) groups excluding carboxylic acids is 1. The Morgan fingerprint density at radius 1 is 1.28 bits per heavy atom. The zero-order chi connectivity index (χ0) is 18.2. The fraction of sp³-hybridized carbons (Fsp3) is 0.667. The first-order valence-corrected chi connectivity index (χ1v) is 9.43. The van der Waals surface area contributed by atoms with E-state index in [-0.39, 0.29) is 29.1 Å². The van der Waals surface area contributed by atoms with Crippen LogP contribution in [0.15, 0.2) is 34.9 Å². The Labute approximate surface area is 149 Å². The number of hydrogen-bond acceptors (Lipinski definition) is 4. The summed E-state index contributed by atoms with van der Waals surface area (Å²) in [4.78, 5) is 12.2. The Kier molecular flexibility index (Phi) is 5.33. The molecule has 0 radical (unpaired) electrons. The van der Waals surface area contributed by atoms with Gasteiger partial charge in [0.25, 0.3) is 0 Å². The van der Waals surface area contributed by atoms with Crippen molar-refractivity contribution >= 4 is 5.78 Å². The number of carbonyl (C=O) groups is 1. The smallest absolute Gasteiger partial charge is 0.161 e. The molecule has 0 aromatic heterocycles. The molecule has 3 rings (SSSR count). The van der Waals surface area contributed by atoms with Crippen LogP contribution in [0.25, 0.3) is 0 Å². The predicted octanol–water partition coefficient (Wildman–Crippen LogP) is 2.69. The van der Waals surface area contributed by atoms with Gasteiger partial charge in [0, 0.05) is 5.92 Å². The topological polar surface area (TPSA) is 77.8 Å². The minimum atomic E-state index is -0.556. The molecule has 3 N–H and O–H groups in total. The van der Waals surface area contributed by atoms with E-state index < -0.39 is 12.7 Å². The van der Waals surface area contributed by atoms with Gasteiger partial charge in [-0.05, 0) is 67.9 Å². The van der Waals surface area contributed by atoms with Gasteiger partial charge in [-0.3, -0.25) is 4.79 Å². The van der Waals surface area contributed by atoms with E-state index in [0.717, 1.165) is 31.3 Å². The molecule has 0 aromatic carbocycles. The van der Waals surface area contributed by atoms with Gasteiger partial charge in [-0.15, -0.1) is 0 Å². The Hall–Kier alpha value is -1.23. The van der Waals surface area contributed by atoms with Gasteiger partial charge in [0.1, 0.15) is 6.61 Å². The maximum atomic E-state index is 12.2. The van der Waals surface area contributed by atoms with Crippen LogP contribution in [-0.2, 0) is 4.79 Å². The third-order valence-corrected chi connectivity index (χ3v) is 6.65. The Balaban J connectivity index is 1.85. The van der Waals surface area contributed by atoms with Crippen molar-refractivity contribution in [3.8, 4) is 0 Å². The van der Waals surface area contributed by atoms with E-state index in [9.17, 15) is 20.1 Å². The van der Waals surface area contributed by atoms with Crippen LogP contribution in [0.1, 0.15) is 52.4 Å². The standard InChI is InChI=1S/C21H30O4/c1-13-3-6-16(23)9-14(13)4-5-15-10-17(24)11-21(2)18(15)7-8-19(21)20(25)12-22/h4-5,10,16-19,22-24H,3,6-9,11-12H2,1-2H3/b5-4+/t16-,17-,18-,19+,21-/m0/s1. The second kappa shape index (κ2) is 7.18. The van der Waals surface area contributed by atoms with Gasteiger partial charge >= 0.3 is 0 Å². The monoisotopic (exact) mass is 346 g/mol. The van der Waals surface area contributed by atoms with Crippen LogP contribution in [0.4, 0.5) is 0 Å². The SMILES string of the molecule is CC1=C(/C=C/C2=C[C@H](O)C[C@]3(C)[C@@H](C(=O)CO)CC[C@@H]23)C[C@@H](O)CC1. The van der Waals surface area contributed by atoms with E-state index in [2.05, 4.69) is 26.0 Å². The molecule has 25 heavy (non-hydrogen) atoms. The van der Waals surface area contributed by atoms with Gasteiger partial charge in [-0.1, -0.05) is 30.7 Å². The molecule has 4 nitrogen and oxygen atoms in total. The average molecular weight is 346 g/mol. The van der Waals surface area contributed by atoms with Crippen LogP contribution in [0.3, 0.4) is 0 Å². The normalized spacial score (nSPS) is 38.8. The largest absolute Gasteiger partial charge is 0.393 e. The van der Waals surface area contributed by atoms with Gasteiger partial charge in [0.2, 0.25) is 0 Å². The number of ketones is 1. The van der Waals surface area contributed by atoms with E-state index >= 15 is 0 Å². The molecule has 138 valence electrons. The summed E-state index contributed by atoms with van der Waals surface area (Å²) in [5, 5.41) is 29.6. The van der Waals surface area contributed by atoms with Crippen molar-refractivity contribution in [2.45, 2.75) is 64.6 Å². The second-order valence-corrected chi connectivity index (χ2v) is 8.29. The van der Waals surface area contributed by atoms with E-state index in [1.54, 1.807) is 0 Å². The van der Waals surface area contributed by atoms with Gasteiger partial charge < -0.3 is 15.3 Å². The molecule has 0 aliphatic heterocycles. The zero-order valence-corrected chi connectivity index (χ0v) is 15.2. The van der Waals surface area contributed by atoms with E-state index in [1.165, 1.54) is 11.1 Å². The van der Waals surface area contributed by atoms with Gasteiger partial charge in [-0.25, -0.2) is 0 Å². The summed E-state index contributed by atoms with van der Waals surface area (Å²) in [6.07, 6.45) is 9.97. The number of Topliss-reactive ketones (excluding diaryl/α,β-unsaturated/α-hetero) is 1. The lowest BCUT2D eigenvalue weighted by Crippen LogP contribution is -2.40. The fourth-order valence-corrected chi connectivity index (χ4v) is 5.21. The summed E-state index contributed by atoms with van der Waals surface area (Å²) < 4.78 is 0. The average Bonchev–Trinajstić information content (AvgIpc) is 2.91. The second-order valence-electron chi connectivity index (χ2n) is 8.29. The summed E-state index contributed by atoms with van der Waals surface area (Å²) in [6.45, 7) is 3.79. The van der Waals surface area contributed by atoms with Gasteiger partial charge in [0.05, 0.1) is 12.2 Å². The number of fused-ring (bicyclic) bond motifs is 1. The number of allylic oxidation sites excluding steroid dienone is 4. The molecule has 0 aromatic rings. The molecule has 1 fully saturated rings. The maximum absolute atomic E-state index is 12.2. The van der Waals surface area contributed by atoms with Crippen molar-refractivity contribution in [3.63, 3.8) is 0 Å². The first-order valence-electron chi connectivity index (χ1n) is 9.43. The third-order valence-electron chi connectivity index (χ3n) is 6.65. The van der Waals surface area contributed by atoms with Crippen molar-refractivity contribution in [1.82, 2.24) is 0 Å². The number of rotatable bonds is 4. The first kappa shape index (κ1) is 18.6. The van der Waals surface area contributed by atoms with Crippen molar-refractivity contribution in [2.24, 2.45) is 17.3 Å². The van der Waals surface area contributed by atoms with E-state index in [0.29, 0.717) is 12.8 Å². The molecule has 0 amide bonds. The van der Waals surface area contributed by atoms with Gasteiger partial charge in [-0.2, -0.15) is 0 Å². The molecule has 0 heterocycles. The quantitative estimate of drug-likeness (QED) is 0.731. The van der Waals surface area contributed by atoms with Crippen LogP contribution < -0.4 is 0 Å². The predicted molar refractivity (Wildman–Crippen MR) is 96.8 cm³/mol. The Bertz CT molecular complexity index is 630. The van der Waals surface area contributed by atoms with Crippen LogP contribution in [0.5, 0.6) is 0 Å². The molecule has 4 heteroatoms. The minimum Gasteiger partial charge on any atom is -0.393 e. The third kappa shape index (κ3) is 3.53. The highest BCUT2D eigenvalue weighted by atomic mass is 16.3. The Morgan fingerprint density at radius 3 is 2.76 bits per heavy atom. The lowest BCUT2D eigenvalue weighted by Gasteiger charge is -2.41. The molecule has 3 aliphatic rings. The van der Waals surface area contributed by atoms with Crippen LogP contribution in [0, 0.1) is 17.3 Å². The highest BCUT2D eigenvalue weighted by Gasteiger charge is 2.52. The van der Waals surface area contributed by atoms with Crippen LogP contribution in [0.2, 0.25) is 0 Å². The lowest BCUT2D eigenvalue weighted by atomic mass is 9.63. The minimum absolute atomic E-state index is 0.101. The highest BCUT2D eigenvalue weighted by Crippen LogP contribution is 2.56. The number of hydrogen-bond donors (Lipinski definition) is 3. The van der Waals surface area contributed by atoms with Crippen LogP contribution >= 0.6 is 0 Å². The maximum Gasteiger partial charge on any atom is 0.161 e. The number of aliphatic hydroxyl groups is 3. The summed E-state index contributed by atoms with van der Waals surface area (Å²) in [5.41, 5.74) is 3.31. The van der Waals surface area contributed by atoms with Crippen molar-refractivity contribution in [2.75, 3.05) is 6.61 Å². The molecule has 0 spiro atoms. The Morgan fingerprint density at radius 2 is 2.04 bits per heavy atom. The van der Waals surface area contributed by atoms with Crippen LogP contribution in [-0.4, -0.2) is 39.9 Å². The molecular weight excluding hydrogens is 316 g/mol. The zero-order valence-electron chi connectivity index (χ0n) is 15.2. The van der Waals surface area contributed by atoms with Crippen molar-refractivity contribution in [3.05, 3.63) is 34.9 Å². The van der Waals surface area contributed by atoms with Crippen molar-refractivity contribution < 1.29 is 20.1 Å². The molecular formula is C21H30O4. The highest BCUT2D eigenvalue weighted by molar-refractivity contribution is 5.83. The first-order chi connectivity index (χ1) is 11.8. The summed E-state index contributed by atoms with van der Waals surface area (Å²) in [6, 6.07) is 0. The lowest BCUT2D eigenvalue weighted by molar-refractivity contribution is -0.129. The van der Waals surface area contributed by atoms with Gasteiger partial charge in [0.15, 0.2) is 5.78 Å². The summed E-state index contributed by atoms with van der Waals surface area (Å²) >= 11 is 0. The summed E-state index contributed by atoms with van der Waals surface area (Å²) in [5.74, 6) is -0.0369. The van der Waals surface area contributed by atoms with E-state index in [4.69, 9.17) is 0 Å². The summed E-state index contributed by atoms with van der Waals surface area (Å²) in [7, 11) is 0. The molecule has 5 atom stereocenters. The van der Waals surface area contributed by atoms with E-state index in [1.807, 2.05) is 6.08 Å². The molecule has 0 saturated heterocycles. The fourth-order valence-electron chi connectivity index (χ4n) is 5.21. The molecule has 0 unspecified atom stereocenters. The number of aliphatic hydroxyl groups excluding tert-OH is 3. The molecule has 0 bridgehead atoms.